The van der Waals surface area contributed by atoms with Crippen molar-refractivity contribution in [2.75, 3.05) is 6.54 Å². The fraction of sp³-hybridized carbons (Fsp3) is 0.235. The van der Waals surface area contributed by atoms with Crippen LogP contribution < -0.4 is 5.32 Å². The van der Waals surface area contributed by atoms with E-state index in [4.69, 9.17) is 0 Å². The minimum atomic E-state index is 0.00808. The van der Waals surface area contributed by atoms with Crippen LogP contribution in [0.25, 0.3) is 10.9 Å². The molecule has 1 unspecified atom stereocenters. The minimum absolute atomic E-state index is 0.00808. The summed E-state index contributed by atoms with van der Waals surface area (Å²) in [6.07, 6.45) is 1.87. The zero-order valence-corrected chi connectivity index (χ0v) is 11.5. The van der Waals surface area contributed by atoms with Gasteiger partial charge in [0.15, 0.2) is 0 Å². The Hall–Kier alpha value is -2.13. The summed E-state index contributed by atoms with van der Waals surface area (Å²) < 4.78 is 0. The quantitative estimate of drug-likeness (QED) is 0.708. The molecular weight excluding hydrogens is 246 g/mol. The van der Waals surface area contributed by atoms with Crippen molar-refractivity contribution in [1.29, 1.82) is 0 Å². The number of H-pyrrole nitrogens is 1. The van der Waals surface area contributed by atoms with E-state index in [0.717, 1.165) is 24.0 Å². The molecule has 1 atom stereocenters. The molecule has 2 N–H and O–H groups in total. The summed E-state index contributed by atoms with van der Waals surface area (Å²) in [5.41, 5.74) is 5.26. The van der Waals surface area contributed by atoms with Crippen molar-refractivity contribution in [3.05, 3.63) is 65.4 Å². The largest absolute Gasteiger partial charge is 0.311 e. The second-order valence-corrected chi connectivity index (χ2v) is 5.76. The number of hydrogen-bond donors (Lipinski definition) is 2. The molecule has 100 valence electrons. The van der Waals surface area contributed by atoms with Crippen molar-refractivity contribution < 1.29 is 0 Å². The molecule has 4 rings (SSSR count). The molecule has 1 aliphatic heterocycles. The van der Waals surface area contributed by atoms with Gasteiger partial charge >= 0.3 is 0 Å². The molecule has 0 aliphatic carbocycles. The van der Waals surface area contributed by atoms with Gasteiger partial charge in [0, 0.05) is 23.9 Å². The Bertz CT molecular complexity index is 775. The molecule has 0 spiro atoms. The SMILES string of the molecule is CC1(c2ccc3cn[nH]c3c2)CNCc2ccccc21. The van der Waals surface area contributed by atoms with Crippen LogP contribution in [0.3, 0.4) is 0 Å². The Morgan fingerprint density at radius 1 is 1.15 bits per heavy atom. The van der Waals surface area contributed by atoms with E-state index in [1.54, 1.807) is 0 Å². The van der Waals surface area contributed by atoms with Gasteiger partial charge in [-0.05, 0) is 22.8 Å². The van der Waals surface area contributed by atoms with Crippen molar-refractivity contribution in [2.45, 2.75) is 18.9 Å². The molecule has 0 bridgehead atoms. The minimum Gasteiger partial charge on any atom is -0.311 e. The van der Waals surface area contributed by atoms with Crippen molar-refractivity contribution in [3.8, 4) is 0 Å². The first-order valence-electron chi connectivity index (χ1n) is 7.00. The van der Waals surface area contributed by atoms with Gasteiger partial charge in [-0.2, -0.15) is 5.10 Å². The second kappa shape index (κ2) is 4.18. The number of aromatic amines is 1. The molecule has 20 heavy (non-hydrogen) atoms. The van der Waals surface area contributed by atoms with Gasteiger partial charge < -0.3 is 5.32 Å². The number of fused-ring (bicyclic) bond motifs is 2. The van der Waals surface area contributed by atoms with E-state index in [1.807, 2.05) is 6.20 Å². The third-order valence-corrected chi connectivity index (χ3v) is 4.48. The molecular formula is C17H17N3. The lowest BCUT2D eigenvalue weighted by molar-refractivity contribution is 0.465. The summed E-state index contributed by atoms with van der Waals surface area (Å²) in [4.78, 5) is 0. The molecule has 0 saturated heterocycles. The van der Waals surface area contributed by atoms with E-state index < -0.39 is 0 Å². The van der Waals surface area contributed by atoms with Crippen LogP contribution in [0.1, 0.15) is 23.6 Å². The van der Waals surface area contributed by atoms with Gasteiger partial charge in [0.2, 0.25) is 0 Å². The highest BCUT2D eigenvalue weighted by molar-refractivity contribution is 5.79. The molecule has 1 aliphatic rings. The Balaban J connectivity index is 1.92. The van der Waals surface area contributed by atoms with Crippen LogP contribution in [0.2, 0.25) is 0 Å². The maximum absolute atomic E-state index is 4.11. The first kappa shape index (κ1) is 11.7. The molecule has 3 aromatic rings. The normalized spacial score (nSPS) is 21.9. The van der Waals surface area contributed by atoms with Gasteiger partial charge in [-0.1, -0.05) is 43.3 Å². The van der Waals surface area contributed by atoms with Crippen LogP contribution in [0.4, 0.5) is 0 Å². The first-order chi connectivity index (χ1) is 9.77. The lowest BCUT2D eigenvalue weighted by atomic mass is 9.72. The monoisotopic (exact) mass is 263 g/mol. The number of nitrogens with zero attached hydrogens (tertiary/aromatic N) is 1. The van der Waals surface area contributed by atoms with Crippen molar-refractivity contribution >= 4 is 10.9 Å². The summed E-state index contributed by atoms with van der Waals surface area (Å²) in [5.74, 6) is 0. The number of hydrogen-bond acceptors (Lipinski definition) is 2. The number of nitrogens with one attached hydrogen (secondary N) is 2. The van der Waals surface area contributed by atoms with Gasteiger partial charge in [0.1, 0.15) is 0 Å². The number of rotatable bonds is 1. The maximum Gasteiger partial charge on any atom is 0.0653 e. The highest BCUT2D eigenvalue weighted by atomic mass is 15.1. The van der Waals surface area contributed by atoms with E-state index in [0.29, 0.717) is 0 Å². The summed E-state index contributed by atoms with van der Waals surface area (Å²) in [6, 6.07) is 15.3. The van der Waals surface area contributed by atoms with Crippen molar-refractivity contribution in [1.82, 2.24) is 15.5 Å². The highest BCUT2D eigenvalue weighted by Crippen LogP contribution is 2.37. The average molecular weight is 263 g/mol. The molecule has 2 aromatic carbocycles. The van der Waals surface area contributed by atoms with Crippen LogP contribution in [-0.4, -0.2) is 16.7 Å². The summed E-state index contributed by atoms with van der Waals surface area (Å²) in [7, 11) is 0. The van der Waals surface area contributed by atoms with Gasteiger partial charge in [-0.25, -0.2) is 0 Å². The zero-order valence-electron chi connectivity index (χ0n) is 11.5. The predicted octanol–water partition coefficient (Wildman–Crippen LogP) is 2.97. The fourth-order valence-electron chi connectivity index (χ4n) is 3.29. The van der Waals surface area contributed by atoms with E-state index in [1.165, 1.54) is 16.7 Å². The molecule has 0 radical (unpaired) electrons. The standard InChI is InChI=1S/C17H17N3/c1-17(11-18-9-12-4-2-3-5-15(12)17)14-7-6-13-10-19-20-16(13)8-14/h2-8,10,18H,9,11H2,1H3,(H,19,20). The molecule has 0 fully saturated rings. The fourth-order valence-corrected chi connectivity index (χ4v) is 3.29. The van der Waals surface area contributed by atoms with E-state index >= 15 is 0 Å². The van der Waals surface area contributed by atoms with E-state index in [2.05, 4.69) is 64.9 Å². The van der Waals surface area contributed by atoms with Crippen molar-refractivity contribution in [3.63, 3.8) is 0 Å². The lowest BCUT2D eigenvalue weighted by Crippen LogP contribution is -2.41. The number of benzene rings is 2. The van der Waals surface area contributed by atoms with Gasteiger partial charge in [0.05, 0.1) is 11.7 Å². The molecule has 1 aromatic heterocycles. The Morgan fingerprint density at radius 3 is 3.00 bits per heavy atom. The Labute approximate surface area is 118 Å². The van der Waals surface area contributed by atoms with Crippen LogP contribution in [0.5, 0.6) is 0 Å². The van der Waals surface area contributed by atoms with Gasteiger partial charge in [-0.3, -0.25) is 5.10 Å². The third kappa shape index (κ3) is 1.60. The van der Waals surface area contributed by atoms with Gasteiger partial charge in [0.25, 0.3) is 0 Å². The predicted molar refractivity (Wildman–Crippen MR) is 80.7 cm³/mol. The molecule has 3 heteroatoms. The van der Waals surface area contributed by atoms with E-state index in [-0.39, 0.29) is 5.41 Å². The molecule has 0 saturated carbocycles. The number of aromatic nitrogens is 2. The highest BCUT2D eigenvalue weighted by Gasteiger charge is 2.33. The Morgan fingerprint density at radius 2 is 2.05 bits per heavy atom. The van der Waals surface area contributed by atoms with Crippen LogP contribution >= 0.6 is 0 Å². The van der Waals surface area contributed by atoms with Gasteiger partial charge in [-0.15, -0.1) is 0 Å². The van der Waals surface area contributed by atoms with Crippen LogP contribution in [-0.2, 0) is 12.0 Å². The third-order valence-electron chi connectivity index (χ3n) is 4.48. The topological polar surface area (TPSA) is 40.7 Å². The zero-order chi connectivity index (χ0) is 13.6. The lowest BCUT2D eigenvalue weighted by Gasteiger charge is -2.37. The molecule has 0 amide bonds. The average Bonchev–Trinajstić information content (AvgIpc) is 2.95. The van der Waals surface area contributed by atoms with Crippen molar-refractivity contribution in [2.24, 2.45) is 0 Å². The van der Waals surface area contributed by atoms with Crippen LogP contribution in [0.15, 0.2) is 48.7 Å². The smallest absolute Gasteiger partial charge is 0.0653 e. The van der Waals surface area contributed by atoms with E-state index in [9.17, 15) is 0 Å². The molecule has 2 heterocycles. The summed E-state index contributed by atoms with van der Waals surface area (Å²) in [6.45, 7) is 4.23. The van der Waals surface area contributed by atoms with Crippen LogP contribution in [0, 0.1) is 0 Å². The Kier molecular flexibility index (Phi) is 2.44. The maximum atomic E-state index is 4.11. The second-order valence-electron chi connectivity index (χ2n) is 5.76. The first-order valence-corrected chi connectivity index (χ1v) is 7.00. The summed E-state index contributed by atoms with van der Waals surface area (Å²) in [5, 5.41) is 11.9. The summed E-state index contributed by atoms with van der Waals surface area (Å²) >= 11 is 0. The molecule has 3 nitrogen and oxygen atoms in total.